The number of hydrogen-bond donors (Lipinski definition) is 0. The molecule has 0 radical (unpaired) electrons. The van der Waals surface area contributed by atoms with Gasteiger partial charge in [0.2, 0.25) is 0 Å². The first-order chi connectivity index (χ1) is 13.0. The van der Waals surface area contributed by atoms with Crippen molar-refractivity contribution in [1.82, 2.24) is 0 Å². The molecule has 0 aliphatic carbocycles. The highest BCUT2D eigenvalue weighted by Crippen LogP contribution is 2.31. The molecule has 28 heavy (non-hydrogen) atoms. The minimum Gasteiger partial charge on any atom is -0.465 e. The smallest absolute Gasteiger partial charge is 0.414 e. The van der Waals surface area contributed by atoms with Crippen molar-refractivity contribution in [1.29, 1.82) is 0 Å². The fourth-order valence-corrected chi connectivity index (χ4v) is 3.73. The Bertz CT molecular complexity index is 949. The summed E-state index contributed by atoms with van der Waals surface area (Å²) in [6.07, 6.45) is -1.12. The van der Waals surface area contributed by atoms with Gasteiger partial charge in [-0.1, -0.05) is 5.92 Å². The second-order valence-electron chi connectivity index (χ2n) is 6.59. The van der Waals surface area contributed by atoms with Crippen LogP contribution < -0.4 is 4.90 Å². The number of benzene rings is 1. The molecule has 0 spiro atoms. The standard InChI is InChI=1S/C19H22FNO6S/c1-5-7-13-8-9-16(15(20)10-13)21-12-14(27-18(21)23)11-19(3,28(4,24)25)17(22)26-6-2/h8-10,14H,6,11-12H2,1-4H3/t14-,19?/m0/s1. The molecule has 1 amide bonds. The first-order valence-corrected chi connectivity index (χ1v) is 10.5. The van der Waals surface area contributed by atoms with E-state index in [4.69, 9.17) is 9.47 Å². The van der Waals surface area contributed by atoms with Gasteiger partial charge in [-0.3, -0.25) is 9.69 Å². The number of amides is 1. The Balaban J connectivity index is 2.26. The predicted octanol–water partition coefficient (Wildman–Crippen LogP) is 2.28. The third-order valence-electron chi connectivity index (χ3n) is 4.52. The van der Waals surface area contributed by atoms with E-state index in [1.165, 1.54) is 19.1 Å². The number of sulfone groups is 1. The first-order valence-electron chi connectivity index (χ1n) is 8.60. The van der Waals surface area contributed by atoms with Crippen LogP contribution in [0.5, 0.6) is 0 Å². The van der Waals surface area contributed by atoms with Crippen LogP contribution in [0.15, 0.2) is 18.2 Å². The third-order valence-corrected chi connectivity index (χ3v) is 6.49. The predicted molar refractivity (Wildman–Crippen MR) is 101 cm³/mol. The van der Waals surface area contributed by atoms with E-state index in [1.54, 1.807) is 19.9 Å². The van der Waals surface area contributed by atoms with Gasteiger partial charge in [-0.25, -0.2) is 17.6 Å². The number of halogens is 1. The van der Waals surface area contributed by atoms with Crippen molar-refractivity contribution >= 4 is 27.6 Å². The van der Waals surface area contributed by atoms with Crippen LogP contribution in [0.2, 0.25) is 0 Å². The summed E-state index contributed by atoms with van der Waals surface area (Å²) in [7, 11) is -3.87. The van der Waals surface area contributed by atoms with Crippen molar-refractivity contribution in [2.24, 2.45) is 0 Å². The van der Waals surface area contributed by atoms with Gasteiger partial charge in [0.25, 0.3) is 0 Å². The first kappa shape index (κ1) is 21.7. The number of carbonyl (C=O) groups excluding carboxylic acids is 2. The number of cyclic esters (lactones) is 1. The van der Waals surface area contributed by atoms with Crippen molar-refractivity contribution in [2.45, 2.75) is 38.0 Å². The third kappa shape index (κ3) is 4.28. The lowest BCUT2D eigenvalue weighted by Gasteiger charge is -2.27. The van der Waals surface area contributed by atoms with Gasteiger partial charge in [0.05, 0.1) is 18.8 Å². The molecule has 2 rings (SSSR count). The van der Waals surface area contributed by atoms with E-state index in [2.05, 4.69) is 11.8 Å². The molecule has 7 nitrogen and oxygen atoms in total. The maximum absolute atomic E-state index is 14.4. The maximum atomic E-state index is 14.4. The zero-order valence-corrected chi connectivity index (χ0v) is 16.9. The Morgan fingerprint density at radius 3 is 2.68 bits per heavy atom. The van der Waals surface area contributed by atoms with E-state index in [0.717, 1.165) is 11.2 Å². The quantitative estimate of drug-likeness (QED) is 0.527. The van der Waals surface area contributed by atoms with Crippen LogP contribution in [-0.2, 0) is 24.1 Å². The van der Waals surface area contributed by atoms with Gasteiger partial charge in [-0.05, 0) is 39.0 Å². The van der Waals surface area contributed by atoms with E-state index >= 15 is 0 Å². The Kier molecular flexibility index (Phi) is 6.34. The Labute approximate surface area is 163 Å². The zero-order valence-electron chi connectivity index (χ0n) is 16.1. The molecule has 2 atom stereocenters. The van der Waals surface area contributed by atoms with Crippen molar-refractivity contribution in [2.75, 3.05) is 24.3 Å². The summed E-state index contributed by atoms with van der Waals surface area (Å²) in [5.41, 5.74) is 0.450. The highest BCUT2D eigenvalue weighted by Gasteiger charge is 2.49. The molecular weight excluding hydrogens is 389 g/mol. The molecule has 1 aromatic rings. The summed E-state index contributed by atoms with van der Waals surface area (Å²) in [6, 6.07) is 4.17. The van der Waals surface area contributed by atoms with Crippen molar-refractivity contribution in [3.05, 3.63) is 29.6 Å². The molecule has 0 N–H and O–H groups in total. The molecule has 9 heteroatoms. The molecule has 0 saturated carbocycles. The second kappa shape index (κ2) is 8.19. The molecule has 1 aliphatic heterocycles. The normalized spacial score (nSPS) is 18.7. The molecule has 1 unspecified atom stereocenters. The number of esters is 1. The number of anilines is 1. The summed E-state index contributed by atoms with van der Waals surface area (Å²) in [6.45, 7) is 4.33. The highest BCUT2D eigenvalue weighted by atomic mass is 32.2. The van der Waals surface area contributed by atoms with Crippen molar-refractivity contribution in [3.8, 4) is 11.8 Å². The topological polar surface area (TPSA) is 90.0 Å². The Morgan fingerprint density at radius 2 is 2.14 bits per heavy atom. The van der Waals surface area contributed by atoms with Gasteiger partial charge in [-0.15, -0.1) is 5.92 Å². The highest BCUT2D eigenvalue weighted by molar-refractivity contribution is 7.92. The minimum atomic E-state index is -3.87. The molecule has 1 aliphatic rings. The molecule has 1 saturated heterocycles. The average molecular weight is 411 g/mol. The number of rotatable bonds is 6. The molecule has 1 aromatic carbocycles. The number of nitrogens with zero attached hydrogens (tertiary/aromatic N) is 1. The molecule has 152 valence electrons. The average Bonchev–Trinajstić information content (AvgIpc) is 2.94. The van der Waals surface area contributed by atoms with Crippen LogP contribution >= 0.6 is 0 Å². The van der Waals surface area contributed by atoms with E-state index in [0.29, 0.717) is 5.56 Å². The summed E-state index contributed by atoms with van der Waals surface area (Å²) in [5.74, 6) is 3.80. The van der Waals surface area contributed by atoms with Crippen LogP contribution in [0, 0.1) is 17.7 Å². The lowest BCUT2D eigenvalue weighted by molar-refractivity contribution is -0.146. The molecular formula is C19H22FNO6S. The minimum absolute atomic E-state index is 0.00801. The lowest BCUT2D eigenvalue weighted by Crippen LogP contribution is -2.47. The van der Waals surface area contributed by atoms with Crippen LogP contribution in [0.1, 0.15) is 32.8 Å². The number of hydrogen-bond acceptors (Lipinski definition) is 6. The van der Waals surface area contributed by atoms with Gasteiger partial charge in [0, 0.05) is 18.2 Å². The number of ether oxygens (including phenoxy) is 2. The molecule has 1 fully saturated rings. The summed E-state index contributed by atoms with van der Waals surface area (Å²) in [5, 5.41) is 0. The monoisotopic (exact) mass is 411 g/mol. The zero-order chi connectivity index (χ0) is 21.1. The summed E-state index contributed by atoms with van der Waals surface area (Å²) >= 11 is 0. The largest absolute Gasteiger partial charge is 0.465 e. The molecule has 1 heterocycles. The number of carbonyl (C=O) groups is 2. The second-order valence-corrected chi connectivity index (χ2v) is 9.03. The van der Waals surface area contributed by atoms with E-state index < -0.39 is 38.6 Å². The fraction of sp³-hybridized carbons (Fsp3) is 0.474. The van der Waals surface area contributed by atoms with E-state index in [-0.39, 0.29) is 25.3 Å². The van der Waals surface area contributed by atoms with E-state index in [9.17, 15) is 22.4 Å². The Hall–Kier alpha value is -2.60. The van der Waals surface area contributed by atoms with Gasteiger partial charge in [-0.2, -0.15) is 0 Å². The van der Waals surface area contributed by atoms with E-state index in [1.807, 2.05) is 0 Å². The van der Waals surface area contributed by atoms with Gasteiger partial charge in [0.1, 0.15) is 11.9 Å². The maximum Gasteiger partial charge on any atom is 0.414 e. The van der Waals surface area contributed by atoms with Gasteiger partial charge < -0.3 is 9.47 Å². The van der Waals surface area contributed by atoms with Crippen molar-refractivity contribution in [3.63, 3.8) is 0 Å². The molecule has 0 aromatic heterocycles. The summed E-state index contributed by atoms with van der Waals surface area (Å²) in [4.78, 5) is 25.5. The van der Waals surface area contributed by atoms with Crippen LogP contribution in [0.4, 0.5) is 14.9 Å². The van der Waals surface area contributed by atoms with Gasteiger partial charge >= 0.3 is 12.1 Å². The van der Waals surface area contributed by atoms with Crippen LogP contribution in [0.25, 0.3) is 0 Å². The molecule has 0 bridgehead atoms. The van der Waals surface area contributed by atoms with Gasteiger partial charge in [0.15, 0.2) is 14.6 Å². The summed E-state index contributed by atoms with van der Waals surface area (Å²) < 4.78 is 47.0. The Morgan fingerprint density at radius 1 is 1.46 bits per heavy atom. The fourth-order valence-electron chi connectivity index (χ4n) is 2.88. The van der Waals surface area contributed by atoms with Crippen LogP contribution in [-0.4, -0.2) is 50.7 Å². The van der Waals surface area contributed by atoms with Crippen LogP contribution in [0.3, 0.4) is 0 Å². The van der Waals surface area contributed by atoms with Crippen molar-refractivity contribution < 1.29 is 31.9 Å². The SMILES string of the molecule is CC#Cc1ccc(N2C[C@H](CC(C)(C(=O)OCC)S(C)(=O)=O)OC2=O)c(F)c1. The lowest BCUT2D eigenvalue weighted by atomic mass is 10.0.